The minimum Gasteiger partial charge on any atom is -0.466 e. The lowest BCUT2D eigenvalue weighted by Gasteiger charge is -2.16. The van der Waals surface area contributed by atoms with Gasteiger partial charge in [0.05, 0.1) is 12.5 Å². The molecule has 0 radical (unpaired) electrons. The highest BCUT2D eigenvalue weighted by molar-refractivity contribution is 9.10. The number of hydrogen-bond donors (Lipinski definition) is 0. The molecular weight excluding hydrogens is 296 g/mol. The van der Waals surface area contributed by atoms with Crippen LogP contribution in [0.3, 0.4) is 0 Å². The fourth-order valence-corrected chi connectivity index (χ4v) is 2.63. The van der Waals surface area contributed by atoms with E-state index in [1.54, 1.807) is 6.20 Å². The summed E-state index contributed by atoms with van der Waals surface area (Å²) in [4.78, 5) is 18.5. The topological polar surface area (TPSA) is 42.4 Å². The molecule has 0 saturated carbocycles. The van der Waals surface area contributed by atoms with Crippen molar-refractivity contribution in [2.24, 2.45) is 5.92 Å². The van der Waals surface area contributed by atoms with E-state index in [-0.39, 0.29) is 17.8 Å². The van der Waals surface area contributed by atoms with Crippen molar-refractivity contribution in [3.8, 4) is 0 Å². The zero-order valence-corrected chi connectivity index (χ0v) is 12.2. The number of pyridine rings is 1. The van der Waals surface area contributed by atoms with Gasteiger partial charge in [0.25, 0.3) is 0 Å². The lowest BCUT2D eigenvalue weighted by Crippen LogP contribution is -2.24. The number of nitrogens with zero attached hydrogens (tertiary/aromatic N) is 2. The van der Waals surface area contributed by atoms with Gasteiger partial charge in [0.15, 0.2) is 0 Å². The number of esters is 1. The summed E-state index contributed by atoms with van der Waals surface area (Å²) in [6.07, 6.45) is 1.77. The molecule has 1 fully saturated rings. The second-order valence-corrected chi connectivity index (χ2v) is 5.50. The highest BCUT2D eigenvalue weighted by Gasteiger charge is 2.38. The molecule has 18 heavy (non-hydrogen) atoms. The molecule has 2 atom stereocenters. The standard InChI is InChI=1S/C13H17BrN2O2/c1-3-18-13(17)11-8-16(2)7-10(11)12-5-4-9(14)6-15-12/h4-6,10-11H,3,7-8H2,1-2H3/t10-,11-/m0/s1. The molecular formula is C13H17BrN2O2. The van der Waals surface area contributed by atoms with Crippen LogP contribution in [0.2, 0.25) is 0 Å². The highest BCUT2D eigenvalue weighted by Crippen LogP contribution is 2.32. The van der Waals surface area contributed by atoms with Crippen LogP contribution in [0.1, 0.15) is 18.5 Å². The third-order valence-electron chi connectivity index (χ3n) is 3.22. The molecule has 1 aromatic heterocycles. The summed E-state index contributed by atoms with van der Waals surface area (Å²) >= 11 is 3.37. The first-order chi connectivity index (χ1) is 8.61. The van der Waals surface area contributed by atoms with Crippen molar-refractivity contribution < 1.29 is 9.53 Å². The SMILES string of the molecule is CCOC(=O)[C@H]1CN(C)C[C@@H]1c1ccc(Br)cn1. The van der Waals surface area contributed by atoms with E-state index in [9.17, 15) is 4.79 Å². The van der Waals surface area contributed by atoms with E-state index < -0.39 is 0 Å². The number of hydrogen-bond acceptors (Lipinski definition) is 4. The van der Waals surface area contributed by atoms with Crippen LogP contribution in [0, 0.1) is 5.92 Å². The molecule has 1 aliphatic heterocycles. The second kappa shape index (κ2) is 5.80. The molecule has 2 rings (SSSR count). The quantitative estimate of drug-likeness (QED) is 0.801. The zero-order valence-electron chi connectivity index (χ0n) is 10.6. The van der Waals surface area contributed by atoms with Crippen LogP contribution in [0.4, 0.5) is 0 Å². The minimum absolute atomic E-state index is 0.108. The molecule has 98 valence electrons. The Bertz CT molecular complexity index is 422. The molecule has 1 aliphatic rings. The Labute approximate surface area is 115 Å². The summed E-state index contributed by atoms with van der Waals surface area (Å²) in [6.45, 7) is 3.85. The number of aromatic nitrogens is 1. The van der Waals surface area contributed by atoms with E-state index in [1.165, 1.54) is 0 Å². The number of ether oxygens (including phenoxy) is 1. The predicted octanol–water partition coefficient (Wildman–Crippen LogP) is 2.05. The van der Waals surface area contributed by atoms with Gasteiger partial charge in [0.1, 0.15) is 0 Å². The van der Waals surface area contributed by atoms with Crippen molar-refractivity contribution in [2.45, 2.75) is 12.8 Å². The minimum atomic E-state index is -0.114. The van der Waals surface area contributed by atoms with Gasteiger partial charge in [-0.15, -0.1) is 0 Å². The Morgan fingerprint density at radius 1 is 1.56 bits per heavy atom. The van der Waals surface area contributed by atoms with E-state index in [2.05, 4.69) is 25.8 Å². The molecule has 0 N–H and O–H groups in total. The average molecular weight is 313 g/mol. The first-order valence-electron chi connectivity index (χ1n) is 6.08. The molecule has 0 unspecified atom stereocenters. The highest BCUT2D eigenvalue weighted by atomic mass is 79.9. The van der Waals surface area contributed by atoms with E-state index >= 15 is 0 Å². The largest absolute Gasteiger partial charge is 0.466 e. The van der Waals surface area contributed by atoms with Crippen molar-refractivity contribution in [3.05, 3.63) is 28.5 Å². The van der Waals surface area contributed by atoms with Gasteiger partial charge >= 0.3 is 5.97 Å². The normalized spacial score (nSPS) is 24.2. The van der Waals surface area contributed by atoms with Gasteiger partial charge in [0, 0.05) is 35.4 Å². The van der Waals surface area contributed by atoms with Gasteiger partial charge in [-0.2, -0.15) is 0 Å². The Hall–Kier alpha value is -0.940. The Morgan fingerprint density at radius 2 is 2.33 bits per heavy atom. The fourth-order valence-electron chi connectivity index (χ4n) is 2.39. The molecule has 5 heteroatoms. The van der Waals surface area contributed by atoms with Crippen LogP contribution < -0.4 is 0 Å². The van der Waals surface area contributed by atoms with Gasteiger partial charge in [-0.25, -0.2) is 0 Å². The predicted molar refractivity (Wildman–Crippen MR) is 72.3 cm³/mol. The fraction of sp³-hybridized carbons (Fsp3) is 0.538. The Kier molecular flexibility index (Phi) is 4.35. The third kappa shape index (κ3) is 2.90. The summed E-state index contributed by atoms with van der Waals surface area (Å²) in [5.74, 6) is -0.0951. The van der Waals surface area contributed by atoms with Crippen molar-refractivity contribution in [2.75, 3.05) is 26.7 Å². The number of carbonyl (C=O) groups excluding carboxylic acids is 1. The van der Waals surface area contributed by atoms with Crippen molar-refractivity contribution >= 4 is 21.9 Å². The first-order valence-corrected chi connectivity index (χ1v) is 6.87. The maximum absolute atomic E-state index is 12.0. The molecule has 2 heterocycles. The van der Waals surface area contributed by atoms with Crippen molar-refractivity contribution in [3.63, 3.8) is 0 Å². The maximum atomic E-state index is 12.0. The number of likely N-dealkylation sites (N-methyl/N-ethyl adjacent to an activating group) is 1. The molecule has 1 aromatic rings. The van der Waals surface area contributed by atoms with Crippen molar-refractivity contribution in [1.29, 1.82) is 0 Å². The summed E-state index contributed by atoms with van der Waals surface area (Å²) in [5.41, 5.74) is 0.959. The van der Waals surface area contributed by atoms with Gasteiger partial charge in [-0.05, 0) is 42.0 Å². The van der Waals surface area contributed by atoms with Gasteiger partial charge in [0.2, 0.25) is 0 Å². The molecule has 4 nitrogen and oxygen atoms in total. The first kappa shape index (κ1) is 13.5. The van der Waals surface area contributed by atoms with Gasteiger partial charge in [-0.1, -0.05) is 0 Å². The Balaban J connectivity index is 2.19. The Morgan fingerprint density at radius 3 is 2.94 bits per heavy atom. The summed E-state index contributed by atoms with van der Waals surface area (Å²) in [5, 5.41) is 0. The second-order valence-electron chi connectivity index (χ2n) is 4.59. The van der Waals surface area contributed by atoms with Gasteiger partial charge in [-0.3, -0.25) is 9.78 Å². The smallest absolute Gasteiger partial charge is 0.310 e. The lowest BCUT2D eigenvalue weighted by atomic mass is 9.92. The lowest BCUT2D eigenvalue weighted by molar-refractivity contribution is -0.148. The van der Waals surface area contributed by atoms with Crippen LogP contribution in [-0.2, 0) is 9.53 Å². The number of rotatable bonds is 3. The maximum Gasteiger partial charge on any atom is 0.310 e. The van der Waals surface area contributed by atoms with Crippen LogP contribution in [0.15, 0.2) is 22.8 Å². The third-order valence-corrected chi connectivity index (χ3v) is 3.69. The van der Waals surface area contributed by atoms with Crippen LogP contribution in [-0.4, -0.2) is 42.6 Å². The van der Waals surface area contributed by atoms with Crippen LogP contribution in [0.25, 0.3) is 0 Å². The van der Waals surface area contributed by atoms with Crippen LogP contribution >= 0.6 is 15.9 Å². The monoisotopic (exact) mass is 312 g/mol. The van der Waals surface area contributed by atoms with Crippen molar-refractivity contribution in [1.82, 2.24) is 9.88 Å². The summed E-state index contributed by atoms with van der Waals surface area (Å²) < 4.78 is 6.10. The number of likely N-dealkylation sites (tertiary alicyclic amines) is 1. The molecule has 0 spiro atoms. The van der Waals surface area contributed by atoms with E-state index in [4.69, 9.17) is 4.74 Å². The zero-order chi connectivity index (χ0) is 13.1. The molecule has 0 bridgehead atoms. The van der Waals surface area contributed by atoms with E-state index in [0.717, 1.165) is 23.3 Å². The summed E-state index contributed by atoms with van der Waals surface area (Å²) in [6, 6.07) is 3.93. The molecule has 0 aromatic carbocycles. The summed E-state index contributed by atoms with van der Waals surface area (Å²) in [7, 11) is 2.02. The van der Waals surface area contributed by atoms with Crippen LogP contribution in [0.5, 0.6) is 0 Å². The van der Waals surface area contributed by atoms with Gasteiger partial charge < -0.3 is 9.64 Å². The molecule has 0 amide bonds. The van der Waals surface area contributed by atoms with E-state index in [1.807, 2.05) is 26.1 Å². The van der Waals surface area contributed by atoms with E-state index in [0.29, 0.717) is 6.61 Å². The average Bonchev–Trinajstić information content (AvgIpc) is 2.73. The molecule has 1 saturated heterocycles. The number of halogens is 1. The number of carbonyl (C=O) groups is 1. The molecule has 0 aliphatic carbocycles.